The molecule has 3 nitrogen and oxygen atoms in total. The fourth-order valence-electron chi connectivity index (χ4n) is 1.79. The van der Waals surface area contributed by atoms with Crippen molar-refractivity contribution >= 4 is 18.3 Å². The van der Waals surface area contributed by atoms with E-state index < -0.39 is 42.6 Å². The van der Waals surface area contributed by atoms with Crippen LogP contribution in [0, 0.1) is 0 Å². The molecule has 1 atom stereocenters. The molecule has 0 aliphatic carbocycles. The van der Waals surface area contributed by atoms with E-state index in [0.717, 1.165) is 12.1 Å². The summed E-state index contributed by atoms with van der Waals surface area (Å²) in [7, 11) is 0. The van der Waals surface area contributed by atoms with E-state index in [-0.39, 0.29) is 18.8 Å². The Morgan fingerprint density at radius 2 is 1.87 bits per heavy atom. The van der Waals surface area contributed by atoms with E-state index in [9.17, 15) is 26.7 Å². The van der Waals surface area contributed by atoms with Gasteiger partial charge in [0.25, 0.3) is 5.92 Å². The lowest BCUT2D eigenvalue weighted by Gasteiger charge is -2.17. The van der Waals surface area contributed by atoms with E-state index in [1.807, 2.05) is 5.32 Å². The summed E-state index contributed by atoms with van der Waals surface area (Å²) in [6, 6.07) is 4.58. The third kappa shape index (κ3) is 7.13. The number of nitrogens with two attached hydrogens (primary N) is 1. The Labute approximate surface area is 136 Å². The molecule has 0 bridgehead atoms. The maximum Gasteiger partial charge on any atom is 0.416 e. The van der Waals surface area contributed by atoms with Crippen LogP contribution in [0.5, 0.6) is 0 Å². The highest BCUT2D eigenvalue weighted by Crippen LogP contribution is 2.31. The second-order valence-electron chi connectivity index (χ2n) is 5.07. The van der Waals surface area contributed by atoms with E-state index in [2.05, 4.69) is 0 Å². The van der Waals surface area contributed by atoms with E-state index in [1.54, 1.807) is 6.92 Å². The van der Waals surface area contributed by atoms with Crippen molar-refractivity contribution in [3.63, 3.8) is 0 Å². The van der Waals surface area contributed by atoms with Crippen molar-refractivity contribution in [2.24, 2.45) is 5.73 Å². The van der Waals surface area contributed by atoms with Crippen LogP contribution in [-0.2, 0) is 11.0 Å². The molecule has 0 saturated carbocycles. The molecule has 0 saturated heterocycles. The highest BCUT2D eigenvalue weighted by molar-refractivity contribution is 5.85. The minimum atomic E-state index is -4.47. The highest BCUT2D eigenvalue weighted by atomic mass is 35.5. The summed E-state index contributed by atoms with van der Waals surface area (Å²) in [5, 5.41) is 2.03. The molecule has 0 radical (unpaired) electrons. The Kier molecular flexibility index (Phi) is 7.93. The number of rotatable bonds is 6. The van der Waals surface area contributed by atoms with Gasteiger partial charge in [-0.15, -0.1) is 12.4 Å². The largest absolute Gasteiger partial charge is 0.416 e. The zero-order valence-corrected chi connectivity index (χ0v) is 13.1. The van der Waals surface area contributed by atoms with Crippen LogP contribution in [0.4, 0.5) is 22.0 Å². The van der Waals surface area contributed by atoms with Crippen molar-refractivity contribution in [2.45, 2.75) is 31.4 Å². The van der Waals surface area contributed by atoms with Gasteiger partial charge < -0.3 is 11.1 Å². The summed E-state index contributed by atoms with van der Waals surface area (Å²) in [5.74, 6) is -4.40. The predicted molar refractivity (Wildman–Crippen MR) is 78.7 cm³/mol. The van der Waals surface area contributed by atoms with Gasteiger partial charge in [-0.25, -0.2) is 8.78 Å². The van der Waals surface area contributed by atoms with Crippen molar-refractivity contribution in [2.75, 3.05) is 13.1 Å². The fourth-order valence-corrected chi connectivity index (χ4v) is 1.79. The molecule has 9 heteroatoms. The first kappa shape index (κ1) is 21.6. The van der Waals surface area contributed by atoms with Gasteiger partial charge in [0.05, 0.1) is 18.7 Å². The van der Waals surface area contributed by atoms with Gasteiger partial charge in [-0.3, -0.25) is 4.79 Å². The van der Waals surface area contributed by atoms with E-state index in [0.29, 0.717) is 5.56 Å². The Hall–Kier alpha value is -1.41. The Morgan fingerprint density at radius 3 is 2.39 bits per heavy atom. The first-order valence-corrected chi connectivity index (χ1v) is 6.57. The third-order valence-corrected chi connectivity index (χ3v) is 3.12. The van der Waals surface area contributed by atoms with Crippen molar-refractivity contribution in [1.29, 1.82) is 0 Å². The Balaban J connectivity index is 0.00000484. The molecule has 1 unspecified atom stereocenters. The molecule has 23 heavy (non-hydrogen) atoms. The van der Waals surface area contributed by atoms with Gasteiger partial charge >= 0.3 is 6.18 Å². The van der Waals surface area contributed by atoms with Crippen LogP contribution in [0.2, 0.25) is 0 Å². The maximum absolute atomic E-state index is 12.9. The number of benzene rings is 1. The van der Waals surface area contributed by atoms with Crippen LogP contribution in [-0.4, -0.2) is 24.9 Å². The molecule has 0 aromatic heterocycles. The van der Waals surface area contributed by atoms with Crippen LogP contribution in [0.3, 0.4) is 0 Å². The molecule has 1 rings (SSSR count). The fraction of sp³-hybridized carbons (Fsp3) is 0.500. The average Bonchev–Trinajstić information content (AvgIpc) is 2.44. The van der Waals surface area contributed by atoms with Gasteiger partial charge in [0.15, 0.2) is 0 Å². The summed E-state index contributed by atoms with van der Waals surface area (Å²) in [4.78, 5) is 11.6. The number of carbonyl (C=O) groups excluding carboxylic acids is 1. The van der Waals surface area contributed by atoms with Gasteiger partial charge in [-0.05, 0) is 17.5 Å². The van der Waals surface area contributed by atoms with Crippen LogP contribution in [0.25, 0.3) is 0 Å². The number of alkyl halides is 5. The SMILES string of the molecule is CC(CC(=O)NCC(F)(F)CN)c1cccc(C(F)(F)F)c1.Cl. The quantitative estimate of drug-likeness (QED) is 0.765. The molecule has 1 aromatic carbocycles. The van der Waals surface area contributed by atoms with Crippen molar-refractivity contribution < 1.29 is 26.7 Å². The molecule has 3 N–H and O–H groups in total. The number of hydrogen-bond acceptors (Lipinski definition) is 2. The van der Waals surface area contributed by atoms with E-state index in [1.165, 1.54) is 12.1 Å². The van der Waals surface area contributed by atoms with Gasteiger partial charge in [0.1, 0.15) is 0 Å². The average molecular weight is 361 g/mol. The lowest BCUT2D eigenvalue weighted by Crippen LogP contribution is -2.41. The van der Waals surface area contributed by atoms with E-state index in [4.69, 9.17) is 5.73 Å². The maximum atomic E-state index is 12.9. The Morgan fingerprint density at radius 1 is 1.26 bits per heavy atom. The molecule has 132 valence electrons. The molecule has 0 aliphatic heterocycles. The monoisotopic (exact) mass is 360 g/mol. The predicted octanol–water partition coefficient (Wildman–Crippen LogP) is 3.33. The van der Waals surface area contributed by atoms with Gasteiger partial charge in [-0.1, -0.05) is 25.1 Å². The van der Waals surface area contributed by atoms with Gasteiger partial charge in [0.2, 0.25) is 5.91 Å². The number of nitrogens with one attached hydrogen (secondary N) is 1. The summed E-state index contributed by atoms with van der Waals surface area (Å²) in [6.07, 6.45) is -4.66. The molecule has 0 spiro atoms. The van der Waals surface area contributed by atoms with Crippen molar-refractivity contribution in [1.82, 2.24) is 5.32 Å². The second-order valence-corrected chi connectivity index (χ2v) is 5.07. The molecule has 0 heterocycles. The van der Waals surface area contributed by atoms with Crippen LogP contribution in [0.1, 0.15) is 30.4 Å². The summed E-state index contributed by atoms with van der Waals surface area (Å²) in [5.41, 5.74) is 4.34. The first-order chi connectivity index (χ1) is 10.0. The van der Waals surface area contributed by atoms with Gasteiger partial charge in [0, 0.05) is 6.42 Å². The minimum absolute atomic E-state index is 0. The molecule has 0 aliphatic rings. The number of carbonyl (C=O) groups is 1. The molecule has 1 aromatic rings. The second kappa shape index (κ2) is 8.44. The Bertz CT molecular complexity index is 522. The molecular weight excluding hydrogens is 343 g/mol. The van der Waals surface area contributed by atoms with Crippen LogP contribution < -0.4 is 11.1 Å². The van der Waals surface area contributed by atoms with E-state index >= 15 is 0 Å². The lowest BCUT2D eigenvalue weighted by atomic mass is 9.95. The molecule has 1 amide bonds. The number of hydrogen-bond donors (Lipinski definition) is 2. The zero-order valence-electron chi connectivity index (χ0n) is 12.3. The molecular formula is C14H18ClF5N2O. The van der Waals surface area contributed by atoms with Crippen molar-refractivity contribution in [3.05, 3.63) is 35.4 Å². The van der Waals surface area contributed by atoms with Crippen LogP contribution in [0.15, 0.2) is 24.3 Å². The minimum Gasteiger partial charge on any atom is -0.350 e. The topological polar surface area (TPSA) is 55.1 Å². The first-order valence-electron chi connectivity index (χ1n) is 6.57. The number of halogens is 6. The standard InChI is InChI=1S/C14H17F5N2O.ClH/c1-9(5-12(22)21-8-13(15,16)7-20)10-3-2-4-11(6-10)14(17,18)19;/h2-4,6,9H,5,7-8,20H2,1H3,(H,21,22);1H. The number of amides is 1. The zero-order chi connectivity index (χ0) is 17.0. The van der Waals surface area contributed by atoms with Crippen LogP contribution >= 0.6 is 12.4 Å². The lowest BCUT2D eigenvalue weighted by molar-refractivity contribution is -0.137. The summed E-state index contributed by atoms with van der Waals surface area (Å²) < 4.78 is 63.6. The molecule has 0 fully saturated rings. The highest BCUT2D eigenvalue weighted by Gasteiger charge is 2.31. The third-order valence-electron chi connectivity index (χ3n) is 3.12. The summed E-state index contributed by atoms with van der Waals surface area (Å²) in [6.45, 7) is -0.232. The summed E-state index contributed by atoms with van der Waals surface area (Å²) >= 11 is 0. The van der Waals surface area contributed by atoms with Gasteiger partial charge in [-0.2, -0.15) is 13.2 Å². The van der Waals surface area contributed by atoms with Crippen molar-refractivity contribution in [3.8, 4) is 0 Å². The normalized spacial score (nSPS) is 13.2. The smallest absolute Gasteiger partial charge is 0.350 e.